The summed E-state index contributed by atoms with van der Waals surface area (Å²) in [7, 11) is 0. The van der Waals surface area contributed by atoms with Gasteiger partial charge in [0.2, 0.25) is 11.8 Å². The minimum atomic E-state index is -0.171. The van der Waals surface area contributed by atoms with Crippen LogP contribution in [0.2, 0.25) is 5.02 Å². The van der Waals surface area contributed by atoms with E-state index in [9.17, 15) is 9.59 Å². The van der Waals surface area contributed by atoms with E-state index in [1.54, 1.807) is 18.2 Å². The number of hydrogen-bond donors (Lipinski definition) is 3. The van der Waals surface area contributed by atoms with Gasteiger partial charge in [-0.05, 0) is 55.7 Å². The van der Waals surface area contributed by atoms with Gasteiger partial charge in [0, 0.05) is 17.8 Å². The first-order valence-corrected chi connectivity index (χ1v) is 8.97. The highest BCUT2D eigenvalue weighted by atomic mass is 35.5. The van der Waals surface area contributed by atoms with E-state index >= 15 is 0 Å². The molecule has 0 fully saturated rings. The second-order valence-electron chi connectivity index (χ2n) is 6.21. The predicted octanol–water partition coefficient (Wildman–Crippen LogP) is 4.75. The van der Waals surface area contributed by atoms with Crippen LogP contribution in [0.15, 0.2) is 36.4 Å². The summed E-state index contributed by atoms with van der Waals surface area (Å²) in [5.41, 5.74) is 4.12. The first-order chi connectivity index (χ1) is 12.4. The molecule has 0 saturated carbocycles. The number of carbonyl (C=O) groups is 2. The number of nitrogens with one attached hydrogen (secondary N) is 3. The van der Waals surface area contributed by atoms with Gasteiger partial charge in [0.15, 0.2) is 0 Å². The lowest BCUT2D eigenvalue weighted by atomic mass is 10.1. The molecule has 2 aromatic carbocycles. The minimum Gasteiger partial charge on any atom is -0.375 e. The Balaban J connectivity index is 1.98. The van der Waals surface area contributed by atoms with Crippen LogP contribution in [0.3, 0.4) is 0 Å². The van der Waals surface area contributed by atoms with Crippen molar-refractivity contribution in [1.29, 1.82) is 0 Å². The smallest absolute Gasteiger partial charge is 0.243 e. The molecule has 3 N–H and O–H groups in total. The molecule has 0 aliphatic carbocycles. The van der Waals surface area contributed by atoms with Crippen molar-refractivity contribution in [3.8, 4) is 0 Å². The van der Waals surface area contributed by atoms with E-state index < -0.39 is 0 Å². The molecule has 6 heteroatoms. The zero-order chi connectivity index (χ0) is 19.1. The summed E-state index contributed by atoms with van der Waals surface area (Å²) >= 11 is 6.18. The molecule has 0 saturated heterocycles. The highest BCUT2D eigenvalue weighted by molar-refractivity contribution is 6.33. The van der Waals surface area contributed by atoms with Crippen molar-refractivity contribution >= 4 is 40.5 Å². The Kier molecular flexibility index (Phi) is 7.04. The minimum absolute atomic E-state index is 0.0477. The predicted molar refractivity (Wildman–Crippen MR) is 108 cm³/mol. The summed E-state index contributed by atoms with van der Waals surface area (Å²) < 4.78 is 0. The zero-order valence-corrected chi connectivity index (χ0v) is 16.0. The molecule has 5 nitrogen and oxygen atoms in total. The van der Waals surface area contributed by atoms with Crippen LogP contribution in [0.4, 0.5) is 17.1 Å². The maximum Gasteiger partial charge on any atom is 0.243 e. The molecule has 2 aromatic rings. The Morgan fingerprint density at radius 2 is 1.73 bits per heavy atom. The number of anilines is 3. The summed E-state index contributed by atoms with van der Waals surface area (Å²) in [6, 6.07) is 11.1. The van der Waals surface area contributed by atoms with Gasteiger partial charge in [-0.2, -0.15) is 0 Å². The van der Waals surface area contributed by atoms with Crippen LogP contribution < -0.4 is 16.0 Å². The number of halogens is 1. The number of carbonyl (C=O) groups excluding carboxylic acids is 2. The van der Waals surface area contributed by atoms with Crippen molar-refractivity contribution in [3.63, 3.8) is 0 Å². The summed E-state index contributed by atoms with van der Waals surface area (Å²) in [4.78, 5) is 23.9. The molecule has 0 heterocycles. The maximum absolute atomic E-state index is 12.2. The third-order valence-corrected chi connectivity index (χ3v) is 4.16. The van der Waals surface area contributed by atoms with E-state index in [1.165, 1.54) is 0 Å². The topological polar surface area (TPSA) is 70.2 Å². The molecule has 0 aromatic heterocycles. The monoisotopic (exact) mass is 373 g/mol. The average molecular weight is 374 g/mol. The average Bonchev–Trinajstić information content (AvgIpc) is 2.59. The fraction of sp³-hybridized carbons (Fsp3) is 0.300. The molecule has 0 bridgehead atoms. The van der Waals surface area contributed by atoms with Crippen LogP contribution in [0, 0.1) is 13.8 Å². The Labute approximate surface area is 159 Å². The molecule has 0 aliphatic heterocycles. The molecule has 0 radical (unpaired) electrons. The first-order valence-electron chi connectivity index (χ1n) is 8.59. The van der Waals surface area contributed by atoms with Crippen LogP contribution in [-0.2, 0) is 9.59 Å². The number of hydrogen-bond acceptors (Lipinski definition) is 3. The van der Waals surface area contributed by atoms with Gasteiger partial charge >= 0.3 is 0 Å². The lowest BCUT2D eigenvalue weighted by Gasteiger charge is -2.13. The van der Waals surface area contributed by atoms with Crippen LogP contribution >= 0.6 is 11.6 Å². The third-order valence-electron chi connectivity index (χ3n) is 3.83. The molecule has 2 rings (SSSR count). The first kappa shape index (κ1) is 19.8. The van der Waals surface area contributed by atoms with Gasteiger partial charge in [0.1, 0.15) is 0 Å². The van der Waals surface area contributed by atoms with E-state index in [0.29, 0.717) is 22.8 Å². The van der Waals surface area contributed by atoms with Crippen molar-refractivity contribution in [2.45, 2.75) is 33.6 Å². The van der Waals surface area contributed by atoms with Crippen LogP contribution in [0.25, 0.3) is 0 Å². The van der Waals surface area contributed by atoms with E-state index in [2.05, 4.69) is 16.0 Å². The molecule has 0 unspecified atom stereocenters. The summed E-state index contributed by atoms with van der Waals surface area (Å²) in [5, 5.41) is 9.21. The van der Waals surface area contributed by atoms with E-state index in [1.807, 2.05) is 39.0 Å². The van der Waals surface area contributed by atoms with Crippen molar-refractivity contribution in [3.05, 3.63) is 52.5 Å². The van der Waals surface area contributed by atoms with Crippen molar-refractivity contribution in [1.82, 2.24) is 0 Å². The Bertz CT molecular complexity index is 806. The van der Waals surface area contributed by atoms with Crippen molar-refractivity contribution in [2.24, 2.45) is 0 Å². The SMILES string of the molecule is CCCC(=O)Nc1ccc(Cl)c(NCC(=O)Nc2cc(C)ccc2C)c1. The van der Waals surface area contributed by atoms with Gasteiger partial charge in [0.25, 0.3) is 0 Å². The number of aryl methyl sites for hydroxylation is 2. The van der Waals surface area contributed by atoms with Gasteiger partial charge in [-0.15, -0.1) is 0 Å². The van der Waals surface area contributed by atoms with Crippen LogP contribution in [0.1, 0.15) is 30.9 Å². The Hall–Kier alpha value is -2.53. The Morgan fingerprint density at radius 1 is 0.962 bits per heavy atom. The lowest BCUT2D eigenvalue weighted by molar-refractivity contribution is -0.116. The van der Waals surface area contributed by atoms with Crippen LogP contribution in [-0.4, -0.2) is 18.4 Å². The zero-order valence-electron chi connectivity index (χ0n) is 15.3. The second kappa shape index (κ2) is 9.25. The van der Waals surface area contributed by atoms with Crippen LogP contribution in [0.5, 0.6) is 0 Å². The molecule has 138 valence electrons. The number of benzene rings is 2. The van der Waals surface area contributed by atoms with Gasteiger partial charge in [-0.1, -0.05) is 30.7 Å². The molecule has 2 amide bonds. The summed E-state index contributed by atoms with van der Waals surface area (Å²) in [6.45, 7) is 5.94. The van der Waals surface area contributed by atoms with E-state index in [-0.39, 0.29) is 18.4 Å². The maximum atomic E-state index is 12.2. The highest BCUT2D eigenvalue weighted by Gasteiger charge is 2.08. The molecule has 0 atom stereocenters. The fourth-order valence-electron chi connectivity index (χ4n) is 2.43. The quantitative estimate of drug-likeness (QED) is 0.656. The summed E-state index contributed by atoms with van der Waals surface area (Å²) in [6.07, 6.45) is 1.24. The van der Waals surface area contributed by atoms with E-state index in [4.69, 9.17) is 11.6 Å². The normalized spacial score (nSPS) is 10.3. The third kappa shape index (κ3) is 5.77. The largest absolute Gasteiger partial charge is 0.375 e. The van der Waals surface area contributed by atoms with Gasteiger partial charge in [-0.3, -0.25) is 9.59 Å². The second-order valence-corrected chi connectivity index (χ2v) is 6.62. The van der Waals surface area contributed by atoms with Crippen molar-refractivity contribution < 1.29 is 9.59 Å². The van der Waals surface area contributed by atoms with Crippen molar-refractivity contribution in [2.75, 3.05) is 22.5 Å². The van der Waals surface area contributed by atoms with Gasteiger partial charge < -0.3 is 16.0 Å². The van der Waals surface area contributed by atoms with Gasteiger partial charge in [-0.25, -0.2) is 0 Å². The Morgan fingerprint density at radius 3 is 2.46 bits per heavy atom. The molecule has 0 aliphatic rings. The molecular weight excluding hydrogens is 350 g/mol. The molecule has 26 heavy (non-hydrogen) atoms. The summed E-state index contributed by atoms with van der Waals surface area (Å²) in [5.74, 6) is -0.219. The lowest BCUT2D eigenvalue weighted by Crippen LogP contribution is -2.22. The van der Waals surface area contributed by atoms with E-state index in [0.717, 1.165) is 23.2 Å². The highest BCUT2D eigenvalue weighted by Crippen LogP contribution is 2.25. The number of amides is 2. The fourth-order valence-corrected chi connectivity index (χ4v) is 2.61. The van der Waals surface area contributed by atoms with Gasteiger partial charge in [0.05, 0.1) is 17.3 Å². The standard InChI is InChI=1S/C20H24ClN3O2/c1-4-5-19(25)23-15-8-9-16(21)18(11-15)22-12-20(26)24-17-10-13(2)6-7-14(17)3/h6-11,22H,4-5,12H2,1-3H3,(H,23,25)(H,24,26). The molecular formula is C20H24ClN3O2. The number of rotatable bonds is 7. The molecule has 0 spiro atoms.